The van der Waals surface area contributed by atoms with Crippen LogP contribution in [0, 0.1) is 0 Å². The minimum absolute atomic E-state index is 0.125. The van der Waals surface area contributed by atoms with Gasteiger partial charge in [-0.1, -0.05) is 31.4 Å². The minimum atomic E-state index is 0.125. The number of anilines is 1. The molecule has 2 saturated heterocycles. The summed E-state index contributed by atoms with van der Waals surface area (Å²) in [5, 5.41) is 3.30. The van der Waals surface area contributed by atoms with Crippen molar-refractivity contribution in [3.05, 3.63) is 24.3 Å². The highest BCUT2D eigenvalue weighted by Gasteiger charge is 2.38. The zero-order valence-electron chi connectivity index (χ0n) is 19.0. The molecule has 3 fully saturated rings. The van der Waals surface area contributed by atoms with E-state index in [0.717, 1.165) is 70.5 Å². The second kappa shape index (κ2) is 10.7. The normalized spacial score (nSPS) is 22.8. The lowest BCUT2D eigenvalue weighted by Gasteiger charge is -2.48. The first-order chi connectivity index (χ1) is 15.2. The molecule has 31 heavy (non-hydrogen) atoms. The molecule has 3 aliphatic rings. The molecule has 0 spiro atoms. The predicted octanol–water partition coefficient (Wildman–Crippen LogP) is 1.97. The molecule has 172 valence electrons. The maximum atomic E-state index is 12.8. The van der Waals surface area contributed by atoms with E-state index < -0.39 is 0 Å². The smallest absolute Gasteiger partial charge is 0.234 e. The lowest BCUT2D eigenvalue weighted by Crippen LogP contribution is -2.60. The van der Waals surface area contributed by atoms with E-state index >= 15 is 0 Å². The van der Waals surface area contributed by atoms with Crippen LogP contribution in [0.4, 0.5) is 5.69 Å². The molecule has 7 heteroatoms. The molecule has 1 amide bonds. The van der Waals surface area contributed by atoms with Crippen LogP contribution in [0.25, 0.3) is 0 Å². The van der Waals surface area contributed by atoms with Crippen molar-refractivity contribution in [1.82, 2.24) is 15.1 Å². The number of nitrogens with one attached hydrogen (secondary N) is 1. The van der Waals surface area contributed by atoms with Crippen LogP contribution in [0.3, 0.4) is 0 Å². The van der Waals surface area contributed by atoms with Crippen molar-refractivity contribution in [3.63, 3.8) is 0 Å². The van der Waals surface area contributed by atoms with E-state index in [2.05, 4.69) is 26.1 Å². The summed E-state index contributed by atoms with van der Waals surface area (Å²) in [5.41, 5.74) is 1.26. The molecule has 4 rings (SSSR count). The molecule has 0 bridgehead atoms. The molecule has 2 aliphatic heterocycles. The summed E-state index contributed by atoms with van der Waals surface area (Å²) < 4.78 is 11.1. The van der Waals surface area contributed by atoms with Crippen LogP contribution in [-0.4, -0.2) is 93.9 Å². The van der Waals surface area contributed by atoms with Gasteiger partial charge < -0.3 is 19.7 Å². The number of hydrogen-bond acceptors (Lipinski definition) is 6. The maximum Gasteiger partial charge on any atom is 0.234 e. The highest BCUT2D eigenvalue weighted by atomic mass is 16.5. The summed E-state index contributed by atoms with van der Waals surface area (Å²) in [7, 11) is 1.72. The standard InChI is InChI=1S/C24H38N4O3/c1-30-22-8-4-3-7-21(22)27-13-11-26(12-14-27)19-23(29)25-20-24(9-5-2-6-10-24)28-15-17-31-18-16-28/h3-4,7-8H,2,5-6,9-20H2,1H3,(H,25,29). The summed E-state index contributed by atoms with van der Waals surface area (Å²) in [5.74, 6) is 1.07. The van der Waals surface area contributed by atoms with Crippen molar-refractivity contribution in [1.29, 1.82) is 0 Å². The number of amides is 1. The van der Waals surface area contributed by atoms with Gasteiger partial charge in [-0.2, -0.15) is 0 Å². The Morgan fingerprint density at radius 2 is 1.74 bits per heavy atom. The van der Waals surface area contributed by atoms with Gasteiger partial charge in [-0.05, 0) is 25.0 Å². The zero-order valence-corrected chi connectivity index (χ0v) is 19.0. The van der Waals surface area contributed by atoms with Gasteiger partial charge in [-0.25, -0.2) is 0 Å². The molecular weight excluding hydrogens is 392 g/mol. The fourth-order valence-corrected chi connectivity index (χ4v) is 5.41. The van der Waals surface area contributed by atoms with Crippen molar-refractivity contribution in [2.45, 2.75) is 37.6 Å². The highest BCUT2D eigenvalue weighted by molar-refractivity contribution is 5.78. The molecule has 1 aliphatic carbocycles. The fourth-order valence-electron chi connectivity index (χ4n) is 5.41. The van der Waals surface area contributed by atoms with Crippen LogP contribution in [0.1, 0.15) is 32.1 Å². The van der Waals surface area contributed by atoms with Gasteiger partial charge in [-0.3, -0.25) is 14.6 Å². The van der Waals surface area contributed by atoms with Crippen LogP contribution in [0.2, 0.25) is 0 Å². The Hall–Kier alpha value is -1.83. The number of benzene rings is 1. The molecule has 0 atom stereocenters. The van der Waals surface area contributed by atoms with E-state index in [0.29, 0.717) is 6.54 Å². The molecule has 2 heterocycles. The fraction of sp³-hybridized carbons (Fsp3) is 0.708. The van der Waals surface area contributed by atoms with Gasteiger partial charge in [0.1, 0.15) is 5.75 Å². The van der Waals surface area contributed by atoms with Crippen LogP contribution in [0.5, 0.6) is 5.75 Å². The van der Waals surface area contributed by atoms with Crippen LogP contribution < -0.4 is 15.0 Å². The summed E-state index contributed by atoms with van der Waals surface area (Å²) in [4.78, 5) is 20.0. The Bertz CT molecular complexity index is 709. The SMILES string of the molecule is COc1ccccc1N1CCN(CC(=O)NCC2(N3CCOCC3)CCCCC2)CC1. The van der Waals surface area contributed by atoms with Gasteiger partial charge in [0.25, 0.3) is 0 Å². The van der Waals surface area contributed by atoms with Gasteiger partial charge in [0.15, 0.2) is 0 Å². The Kier molecular flexibility index (Phi) is 7.69. The lowest BCUT2D eigenvalue weighted by atomic mass is 9.79. The first kappa shape index (κ1) is 22.4. The first-order valence-corrected chi connectivity index (χ1v) is 11.9. The van der Waals surface area contributed by atoms with Crippen molar-refractivity contribution in [3.8, 4) is 5.75 Å². The topological polar surface area (TPSA) is 57.3 Å². The van der Waals surface area contributed by atoms with Crippen molar-refractivity contribution < 1.29 is 14.3 Å². The number of nitrogens with zero attached hydrogens (tertiary/aromatic N) is 3. The monoisotopic (exact) mass is 430 g/mol. The number of morpholine rings is 1. The van der Waals surface area contributed by atoms with E-state index in [-0.39, 0.29) is 11.4 Å². The molecule has 1 aromatic carbocycles. The Morgan fingerprint density at radius 3 is 2.45 bits per heavy atom. The number of para-hydroxylation sites is 2. The average molecular weight is 431 g/mol. The highest BCUT2D eigenvalue weighted by Crippen LogP contribution is 2.34. The van der Waals surface area contributed by atoms with Crippen LogP contribution in [-0.2, 0) is 9.53 Å². The number of hydrogen-bond donors (Lipinski definition) is 1. The maximum absolute atomic E-state index is 12.8. The van der Waals surface area contributed by atoms with Gasteiger partial charge in [0.05, 0.1) is 32.6 Å². The predicted molar refractivity (Wildman–Crippen MR) is 123 cm³/mol. The van der Waals surface area contributed by atoms with Crippen molar-refractivity contribution in [2.24, 2.45) is 0 Å². The van der Waals surface area contributed by atoms with Gasteiger partial charge >= 0.3 is 0 Å². The third kappa shape index (κ3) is 5.51. The van der Waals surface area contributed by atoms with E-state index in [4.69, 9.17) is 9.47 Å². The van der Waals surface area contributed by atoms with Crippen LogP contribution >= 0.6 is 0 Å². The molecule has 0 aromatic heterocycles. The van der Waals surface area contributed by atoms with E-state index in [1.807, 2.05) is 18.2 Å². The third-order valence-corrected chi connectivity index (χ3v) is 7.25. The second-order valence-electron chi connectivity index (χ2n) is 9.10. The number of rotatable bonds is 7. The molecule has 0 radical (unpaired) electrons. The lowest BCUT2D eigenvalue weighted by molar-refractivity contribution is -0.123. The molecule has 0 unspecified atom stereocenters. The second-order valence-corrected chi connectivity index (χ2v) is 9.10. The first-order valence-electron chi connectivity index (χ1n) is 11.9. The molecule has 1 saturated carbocycles. The van der Waals surface area contributed by atoms with Gasteiger partial charge in [-0.15, -0.1) is 0 Å². The largest absolute Gasteiger partial charge is 0.495 e. The minimum Gasteiger partial charge on any atom is -0.495 e. The summed E-state index contributed by atoms with van der Waals surface area (Å²) in [6, 6.07) is 8.16. The number of carbonyl (C=O) groups is 1. The van der Waals surface area contributed by atoms with Gasteiger partial charge in [0.2, 0.25) is 5.91 Å². The van der Waals surface area contributed by atoms with E-state index in [9.17, 15) is 4.79 Å². The number of ether oxygens (including phenoxy) is 2. The van der Waals surface area contributed by atoms with Crippen molar-refractivity contribution >= 4 is 11.6 Å². The Balaban J connectivity index is 1.26. The summed E-state index contributed by atoms with van der Waals surface area (Å²) in [6.45, 7) is 8.45. The number of methoxy groups -OCH3 is 1. The summed E-state index contributed by atoms with van der Waals surface area (Å²) in [6.07, 6.45) is 6.21. The molecular formula is C24H38N4O3. The average Bonchev–Trinajstić information content (AvgIpc) is 2.84. The van der Waals surface area contributed by atoms with Crippen LogP contribution in [0.15, 0.2) is 24.3 Å². The number of carbonyl (C=O) groups excluding carboxylic acids is 1. The molecule has 7 nitrogen and oxygen atoms in total. The Morgan fingerprint density at radius 1 is 1.03 bits per heavy atom. The summed E-state index contributed by atoms with van der Waals surface area (Å²) >= 11 is 0. The molecule has 1 aromatic rings. The zero-order chi connectivity index (χ0) is 21.5. The Labute approximate surface area is 186 Å². The van der Waals surface area contributed by atoms with E-state index in [1.54, 1.807) is 7.11 Å². The van der Waals surface area contributed by atoms with Crippen molar-refractivity contribution in [2.75, 3.05) is 77.6 Å². The number of piperazine rings is 1. The molecule has 1 N–H and O–H groups in total. The van der Waals surface area contributed by atoms with Gasteiger partial charge in [0, 0.05) is 51.4 Å². The third-order valence-electron chi connectivity index (χ3n) is 7.25. The van der Waals surface area contributed by atoms with E-state index in [1.165, 1.54) is 32.1 Å². The quantitative estimate of drug-likeness (QED) is 0.714.